The lowest BCUT2D eigenvalue weighted by atomic mass is 10.2. The second-order valence-electron chi connectivity index (χ2n) is 4.48. The van der Waals surface area contributed by atoms with Gasteiger partial charge in [0.15, 0.2) is 0 Å². The van der Waals surface area contributed by atoms with Gasteiger partial charge in [0, 0.05) is 25.0 Å². The fraction of sp³-hybridized carbons (Fsp3) is 0.400. The first-order valence-corrected chi connectivity index (χ1v) is 7.41. The predicted octanol–water partition coefficient (Wildman–Crippen LogP) is 2.68. The van der Waals surface area contributed by atoms with Crippen molar-refractivity contribution in [1.82, 2.24) is 4.98 Å². The zero-order valence-corrected chi connectivity index (χ0v) is 12.7. The number of nitrogens with zero attached hydrogens (tertiary/aromatic N) is 1. The van der Waals surface area contributed by atoms with E-state index in [1.54, 1.807) is 18.4 Å². The highest BCUT2D eigenvalue weighted by Crippen LogP contribution is 2.21. The summed E-state index contributed by atoms with van der Waals surface area (Å²) in [6.07, 6.45) is 0.787. The van der Waals surface area contributed by atoms with Crippen molar-refractivity contribution >= 4 is 11.3 Å². The summed E-state index contributed by atoms with van der Waals surface area (Å²) >= 11 is 1.64. The van der Waals surface area contributed by atoms with Crippen molar-refractivity contribution in [2.45, 2.75) is 26.5 Å². The van der Waals surface area contributed by atoms with Gasteiger partial charge >= 0.3 is 0 Å². The minimum Gasteiger partial charge on any atom is -0.493 e. The molecule has 2 rings (SSSR count). The molecule has 0 saturated carbocycles. The summed E-state index contributed by atoms with van der Waals surface area (Å²) in [6.45, 7) is 3.69. The smallest absolute Gasteiger partial charge is 0.122 e. The van der Waals surface area contributed by atoms with E-state index in [0.717, 1.165) is 33.3 Å². The van der Waals surface area contributed by atoms with Crippen LogP contribution in [0, 0.1) is 6.92 Å². The maximum Gasteiger partial charge on any atom is 0.122 e. The molecule has 0 spiro atoms. The van der Waals surface area contributed by atoms with E-state index >= 15 is 0 Å². The normalized spacial score (nSPS) is 10.8. The quantitative estimate of drug-likeness (QED) is 0.852. The van der Waals surface area contributed by atoms with E-state index < -0.39 is 0 Å². The Hall–Kier alpha value is -1.43. The van der Waals surface area contributed by atoms with Crippen LogP contribution in [0.2, 0.25) is 0 Å². The Morgan fingerprint density at radius 1 is 1.30 bits per heavy atom. The molecule has 0 aliphatic carbocycles. The molecule has 0 saturated heterocycles. The molecule has 5 heteroatoms. The molecule has 1 aromatic heterocycles. The summed E-state index contributed by atoms with van der Waals surface area (Å²) in [5.41, 5.74) is 7.81. The van der Waals surface area contributed by atoms with Gasteiger partial charge in [-0.15, -0.1) is 11.3 Å². The lowest BCUT2D eigenvalue weighted by Crippen LogP contribution is -2.02. The van der Waals surface area contributed by atoms with Crippen molar-refractivity contribution in [3.63, 3.8) is 0 Å². The van der Waals surface area contributed by atoms with E-state index in [-0.39, 0.29) is 0 Å². The third-order valence-corrected chi connectivity index (χ3v) is 4.14. The molecule has 0 radical (unpaired) electrons. The Bertz CT molecular complexity index is 555. The van der Waals surface area contributed by atoms with E-state index in [1.165, 1.54) is 0 Å². The summed E-state index contributed by atoms with van der Waals surface area (Å²) in [5.74, 6) is 0.931. The molecule has 0 aliphatic heterocycles. The molecule has 0 bridgehead atoms. The molecule has 0 amide bonds. The molecule has 0 aliphatic rings. The fourth-order valence-corrected chi connectivity index (χ4v) is 2.85. The van der Waals surface area contributed by atoms with E-state index in [2.05, 4.69) is 4.98 Å². The van der Waals surface area contributed by atoms with Crippen LogP contribution < -0.4 is 10.5 Å². The van der Waals surface area contributed by atoms with Crippen LogP contribution in [0.5, 0.6) is 5.75 Å². The molecule has 108 valence electrons. The number of aromatic nitrogens is 1. The van der Waals surface area contributed by atoms with Crippen LogP contribution >= 0.6 is 11.3 Å². The summed E-state index contributed by atoms with van der Waals surface area (Å²) in [4.78, 5) is 5.65. The van der Waals surface area contributed by atoms with Gasteiger partial charge in [-0.25, -0.2) is 4.98 Å². The van der Waals surface area contributed by atoms with Crippen molar-refractivity contribution in [1.29, 1.82) is 0 Å². The van der Waals surface area contributed by atoms with Crippen LogP contribution in [0.3, 0.4) is 0 Å². The number of nitrogens with two attached hydrogens (primary N) is 1. The van der Waals surface area contributed by atoms with Crippen LogP contribution in [0.1, 0.15) is 21.1 Å². The van der Waals surface area contributed by atoms with Crippen LogP contribution in [0.25, 0.3) is 0 Å². The van der Waals surface area contributed by atoms with Gasteiger partial charge < -0.3 is 15.2 Å². The maximum absolute atomic E-state index is 5.79. The predicted molar refractivity (Wildman–Crippen MR) is 81.1 cm³/mol. The summed E-state index contributed by atoms with van der Waals surface area (Å²) < 4.78 is 10.9. The Morgan fingerprint density at radius 2 is 2.10 bits per heavy atom. The topological polar surface area (TPSA) is 57.4 Å². The number of rotatable bonds is 7. The fourth-order valence-electron chi connectivity index (χ4n) is 1.92. The van der Waals surface area contributed by atoms with Crippen molar-refractivity contribution in [2.24, 2.45) is 5.73 Å². The first kappa shape index (κ1) is 15.0. The lowest BCUT2D eigenvalue weighted by molar-refractivity contribution is 0.181. The largest absolute Gasteiger partial charge is 0.493 e. The van der Waals surface area contributed by atoms with Gasteiger partial charge in [-0.3, -0.25) is 0 Å². The van der Waals surface area contributed by atoms with Gasteiger partial charge in [-0.05, 0) is 18.6 Å². The Morgan fingerprint density at radius 3 is 2.80 bits per heavy atom. The average Bonchev–Trinajstić information content (AvgIpc) is 2.84. The van der Waals surface area contributed by atoms with Crippen LogP contribution in [-0.2, 0) is 24.3 Å². The van der Waals surface area contributed by atoms with Gasteiger partial charge in [0.2, 0.25) is 0 Å². The molecular formula is C15H20N2O2S. The Kier molecular flexibility index (Phi) is 5.52. The van der Waals surface area contributed by atoms with E-state index in [1.807, 2.05) is 31.2 Å². The zero-order chi connectivity index (χ0) is 14.4. The highest BCUT2D eigenvalue weighted by Gasteiger charge is 2.10. The molecule has 0 unspecified atom stereocenters. The second kappa shape index (κ2) is 7.38. The first-order valence-electron chi connectivity index (χ1n) is 6.59. The molecule has 1 aromatic carbocycles. The second-order valence-corrected chi connectivity index (χ2v) is 5.65. The lowest BCUT2D eigenvalue weighted by Gasteiger charge is -2.07. The molecular weight excluding hydrogens is 272 g/mol. The van der Waals surface area contributed by atoms with Gasteiger partial charge in [0.05, 0.1) is 23.9 Å². The highest BCUT2D eigenvalue weighted by molar-refractivity contribution is 7.11. The number of methoxy groups -OCH3 is 1. The third-order valence-electron chi connectivity index (χ3n) is 2.96. The average molecular weight is 292 g/mol. The van der Waals surface area contributed by atoms with Crippen LogP contribution in [0.15, 0.2) is 24.3 Å². The van der Waals surface area contributed by atoms with Gasteiger partial charge in [-0.2, -0.15) is 0 Å². The highest BCUT2D eigenvalue weighted by atomic mass is 32.1. The van der Waals surface area contributed by atoms with Gasteiger partial charge in [0.25, 0.3) is 0 Å². The van der Waals surface area contributed by atoms with Crippen LogP contribution in [-0.4, -0.2) is 18.7 Å². The number of para-hydroxylation sites is 1. The summed E-state index contributed by atoms with van der Waals surface area (Å²) in [6, 6.07) is 8.02. The van der Waals surface area contributed by atoms with Crippen molar-refractivity contribution in [3.05, 3.63) is 45.4 Å². The van der Waals surface area contributed by atoms with Gasteiger partial charge in [0.1, 0.15) is 5.75 Å². The number of thiazole rings is 1. The number of benzene rings is 1. The molecule has 4 nitrogen and oxygen atoms in total. The monoisotopic (exact) mass is 292 g/mol. The van der Waals surface area contributed by atoms with E-state index in [4.69, 9.17) is 15.2 Å². The minimum absolute atomic E-state index is 0.509. The molecule has 20 heavy (non-hydrogen) atoms. The van der Waals surface area contributed by atoms with E-state index in [0.29, 0.717) is 19.8 Å². The maximum atomic E-state index is 5.79. The Balaban J connectivity index is 1.92. The minimum atomic E-state index is 0.509. The first-order chi connectivity index (χ1) is 9.74. The summed E-state index contributed by atoms with van der Waals surface area (Å²) in [7, 11) is 1.67. The number of ether oxygens (including phenoxy) is 2. The number of aryl methyl sites for hydroxylation is 1. The number of hydrogen-bond acceptors (Lipinski definition) is 5. The molecule has 0 fully saturated rings. The molecule has 1 heterocycles. The van der Waals surface area contributed by atoms with Crippen molar-refractivity contribution in [3.8, 4) is 5.75 Å². The zero-order valence-electron chi connectivity index (χ0n) is 11.9. The molecule has 2 aromatic rings. The van der Waals surface area contributed by atoms with E-state index in [9.17, 15) is 0 Å². The SMILES string of the molecule is COCc1nc(CCOc2ccccc2C)sc1CN. The van der Waals surface area contributed by atoms with Crippen LogP contribution in [0.4, 0.5) is 0 Å². The molecule has 2 N–H and O–H groups in total. The molecule has 0 atom stereocenters. The standard InChI is InChI=1S/C15H20N2O2S/c1-11-5-3-4-6-13(11)19-8-7-15-17-12(10-18-2)14(9-16)20-15/h3-6H,7-10,16H2,1-2H3. The van der Waals surface area contributed by atoms with Crippen molar-refractivity contribution in [2.75, 3.05) is 13.7 Å². The summed E-state index contributed by atoms with van der Waals surface area (Å²) in [5, 5.41) is 1.05. The van der Waals surface area contributed by atoms with Crippen molar-refractivity contribution < 1.29 is 9.47 Å². The Labute approximate surface area is 123 Å². The third kappa shape index (κ3) is 3.79. The number of hydrogen-bond donors (Lipinski definition) is 1. The van der Waals surface area contributed by atoms with Gasteiger partial charge in [-0.1, -0.05) is 18.2 Å².